The Morgan fingerprint density at radius 2 is 1.73 bits per heavy atom. The molecule has 1 fully saturated rings. The average Bonchev–Trinajstić information content (AvgIpc) is 3.58. The van der Waals surface area contributed by atoms with E-state index >= 15 is 0 Å². The topological polar surface area (TPSA) is 117 Å². The summed E-state index contributed by atoms with van der Waals surface area (Å²) < 4.78 is 29.7. The number of Topliss-reactive ketones (excluding diaryl/α,β-unsaturated/α-hetero) is 1. The summed E-state index contributed by atoms with van der Waals surface area (Å²) in [4.78, 5) is 33.7. The lowest BCUT2D eigenvalue weighted by atomic mass is 9.95. The van der Waals surface area contributed by atoms with Gasteiger partial charge in [-0.05, 0) is 74.4 Å². The Bertz CT molecular complexity index is 1780. The number of fused-ring (bicyclic) bond motifs is 2. The van der Waals surface area contributed by atoms with E-state index in [2.05, 4.69) is 6.92 Å². The zero-order valence-electron chi connectivity index (χ0n) is 25.3. The van der Waals surface area contributed by atoms with Crippen molar-refractivity contribution >= 4 is 44.1 Å². The van der Waals surface area contributed by atoms with Gasteiger partial charge in [-0.15, -0.1) is 0 Å². The minimum Gasteiger partial charge on any atom is -0.507 e. The van der Waals surface area contributed by atoms with Gasteiger partial charge in [0, 0.05) is 5.56 Å². The van der Waals surface area contributed by atoms with Crippen molar-refractivity contribution in [2.45, 2.75) is 39.7 Å². The van der Waals surface area contributed by atoms with Crippen molar-refractivity contribution in [2.75, 3.05) is 37.9 Å². The summed E-state index contributed by atoms with van der Waals surface area (Å²) in [6.45, 7) is 8.04. The fourth-order valence-electron chi connectivity index (χ4n) is 5.35. The summed E-state index contributed by atoms with van der Waals surface area (Å²) in [6, 6.07) is 14.7. The quantitative estimate of drug-likeness (QED) is 0.0839. The number of carbonyl (C=O) groups is 2. The summed E-state index contributed by atoms with van der Waals surface area (Å²) in [5.41, 5.74) is 1.44. The zero-order chi connectivity index (χ0) is 31.5. The van der Waals surface area contributed by atoms with E-state index < -0.39 is 17.7 Å². The summed E-state index contributed by atoms with van der Waals surface area (Å²) in [5.74, 6) is 0.724. The molecular weight excluding hydrogens is 596 g/mol. The number of carbonyl (C=O) groups excluding carboxylic acids is 2. The number of thiazole rings is 1. The second kappa shape index (κ2) is 13.1. The maximum atomic E-state index is 13.8. The summed E-state index contributed by atoms with van der Waals surface area (Å²) in [5, 5.41) is 12.0. The molecule has 2 aliphatic rings. The maximum Gasteiger partial charge on any atom is 0.301 e. The predicted octanol–water partition coefficient (Wildman–Crippen LogP) is 6.67. The van der Waals surface area contributed by atoms with Gasteiger partial charge in [0.15, 0.2) is 28.1 Å². The maximum absolute atomic E-state index is 13.8. The molecule has 0 radical (unpaired) electrons. The van der Waals surface area contributed by atoms with Gasteiger partial charge in [0.25, 0.3) is 5.78 Å². The van der Waals surface area contributed by atoms with Gasteiger partial charge in [-0.2, -0.15) is 0 Å². The lowest BCUT2D eigenvalue weighted by Gasteiger charge is -2.24. The monoisotopic (exact) mass is 630 g/mol. The van der Waals surface area contributed by atoms with Crippen LogP contribution < -0.4 is 28.6 Å². The highest BCUT2D eigenvalue weighted by Crippen LogP contribution is 2.47. The van der Waals surface area contributed by atoms with Gasteiger partial charge in [0.1, 0.15) is 24.7 Å². The molecule has 0 spiro atoms. The molecule has 10 nitrogen and oxygen atoms in total. The Morgan fingerprint density at radius 3 is 2.51 bits per heavy atom. The molecular formula is C34H34N2O8S. The zero-order valence-corrected chi connectivity index (χ0v) is 26.1. The van der Waals surface area contributed by atoms with E-state index in [0.29, 0.717) is 83.6 Å². The van der Waals surface area contributed by atoms with Gasteiger partial charge in [0.05, 0.1) is 41.7 Å². The number of rotatable bonds is 11. The number of aliphatic hydroxyl groups excluding tert-OH is 1. The fourth-order valence-corrected chi connectivity index (χ4v) is 6.37. The molecule has 1 amide bonds. The van der Waals surface area contributed by atoms with E-state index in [9.17, 15) is 14.7 Å². The van der Waals surface area contributed by atoms with Gasteiger partial charge in [0.2, 0.25) is 0 Å². The first-order valence-corrected chi connectivity index (χ1v) is 15.9. The Hall–Kier alpha value is -4.77. The number of ketones is 1. The van der Waals surface area contributed by atoms with E-state index in [-0.39, 0.29) is 11.3 Å². The molecule has 11 heteroatoms. The van der Waals surface area contributed by atoms with Gasteiger partial charge < -0.3 is 28.8 Å². The number of aromatic nitrogens is 1. The van der Waals surface area contributed by atoms with Crippen LogP contribution in [0.4, 0.5) is 5.13 Å². The molecule has 1 saturated heterocycles. The highest BCUT2D eigenvalue weighted by atomic mass is 32.1. The van der Waals surface area contributed by atoms with Gasteiger partial charge in [-0.3, -0.25) is 14.5 Å². The average molecular weight is 631 g/mol. The molecule has 45 heavy (non-hydrogen) atoms. The first kappa shape index (κ1) is 30.3. The molecule has 4 aromatic rings. The molecule has 2 aliphatic heterocycles. The van der Waals surface area contributed by atoms with Crippen LogP contribution in [0.15, 0.2) is 60.2 Å². The Labute approximate surface area is 264 Å². The number of benzene rings is 3. The van der Waals surface area contributed by atoms with Crippen LogP contribution in [0.2, 0.25) is 0 Å². The van der Waals surface area contributed by atoms with Crippen LogP contribution in [0.25, 0.3) is 16.0 Å². The third-order valence-electron chi connectivity index (χ3n) is 7.46. The number of anilines is 1. The molecule has 3 heterocycles. The third-order valence-corrected chi connectivity index (χ3v) is 8.48. The van der Waals surface area contributed by atoms with Crippen LogP contribution in [-0.2, 0) is 9.59 Å². The van der Waals surface area contributed by atoms with Crippen LogP contribution in [0, 0.1) is 0 Å². The number of nitrogens with zero attached hydrogens (tertiary/aromatic N) is 2. The standard InChI is InChI=1S/C34H34N2O8S/c1-4-7-14-42-24-12-8-20(17-26(24)41-6-3)30-29(31(37)21-9-13-25-27(18-21)44-16-15-43-25)32(38)33(39)36(30)34-35-23-11-10-22(40-5-2)19-28(23)45-34/h8-13,17-19,30,37H,4-7,14-16H2,1-3H3/b31-29+/t30-/m0/s1. The van der Waals surface area contributed by atoms with Crippen molar-refractivity contribution in [1.29, 1.82) is 0 Å². The van der Waals surface area contributed by atoms with Crippen LogP contribution in [0.3, 0.4) is 0 Å². The SMILES string of the molecule is CCCCOc1ccc([C@H]2/C(=C(\O)c3ccc4c(c3)OCCO4)C(=O)C(=O)N2c2nc3ccc(OCC)cc3s2)cc1OCC. The number of ether oxygens (including phenoxy) is 5. The van der Waals surface area contributed by atoms with Crippen LogP contribution >= 0.6 is 11.3 Å². The highest BCUT2D eigenvalue weighted by Gasteiger charge is 2.48. The predicted molar refractivity (Wildman–Crippen MR) is 171 cm³/mol. The van der Waals surface area contributed by atoms with Crippen LogP contribution in [-0.4, -0.2) is 54.8 Å². The number of hydrogen-bond acceptors (Lipinski definition) is 10. The Morgan fingerprint density at radius 1 is 0.933 bits per heavy atom. The minimum atomic E-state index is -1.01. The number of hydrogen-bond donors (Lipinski definition) is 1. The Kier molecular flexibility index (Phi) is 8.79. The molecule has 1 N–H and O–H groups in total. The lowest BCUT2D eigenvalue weighted by molar-refractivity contribution is -0.132. The number of amides is 1. The first-order valence-electron chi connectivity index (χ1n) is 15.1. The molecule has 1 atom stereocenters. The Balaban J connectivity index is 1.50. The molecule has 0 bridgehead atoms. The van der Waals surface area contributed by atoms with Crippen molar-refractivity contribution in [2.24, 2.45) is 0 Å². The van der Waals surface area contributed by atoms with Gasteiger partial charge in [-0.25, -0.2) is 4.98 Å². The van der Waals surface area contributed by atoms with Crippen molar-refractivity contribution in [1.82, 2.24) is 4.98 Å². The fraction of sp³-hybridized carbons (Fsp3) is 0.324. The van der Waals surface area contributed by atoms with E-state index in [0.717, 1.165) is 17.5 Å². The van der Waals surface area contributed by atoms with Gasteiger partial charge >= 0.3 is 5.91 Å². The lowest BCUT2D eigenvalue weighted by Crippen LogP contribution is -2.29. The van der Waals surface area contributed by atoms with Crippen LogP contribution in [0.1, 0.15) is 50.8 Å². The first-order chi connectivity index (χ1) is 21.9. The second-order valence-corrected chi connectivity index (χ2v) is 11.4. The largest absolute Gasteiger partial charge is 0.507 e. The molecule has 1 aromatic heterocycles. The normalized spacial score (nSPS) is 17.1. The molecule has 0 saturated carbocycles. The van der Waals surface area contributed by atoms with Crippen molar-refractivity contribution in [3.05, 3.63) is 71.3 Å². The van der Waals surface area contributed by atoms with E-state index in [4.69, 9.17) is 28.7 Å². The number of aliphatic hydroxyl groups is 1. The van der Waals surface area contributed by atoms with Crippen LogP contribution in [0.5, 0.6) is 28.7 Å². The van der Waals surface area contributed by atoms with Crippen molar-refractivity contribution in [3.8, 4) is 28.7 Å². The molecule has 0 unspecified atom stereocenters. The molecule has 3 aromatic carbocycles. The van der Waals surface area contributed by atoms with E-state index in [1.807, 2.05) is 32.0 Å². The highest BCUT2D eigenvalue weighted by molar-refractivity contribution is 7.22. The molecule has 234 valence electrons. The summed E-state index contributed by atoms with van der Waals surface area (Å²) in [6.07, 6.45) is 1.86. The second-order valence-electron chi connectivity index (χ2n) is 10.4. The van der Waals surface area contributed by atoms with Gasteiger partial charge in [-0.1, -0.05) is 30.7 Å². The minimum absolute atomic E-state index is 0.0759. The molecule has 6 rings (SSSR count). The molecule has 0 aliphatic carbocycles. The third kappa shape index (κ3) is 5.87. The summed E-state index contributed by atoms with van der Waals surface area (Å²) >= 11 is 1.26. The smallest absolute Gasteiger partial charge is 0.301 e. The van der Waals surface area contributed by atoms with E-state index in [1.54, 1.807) is 36.4 Å². The van der Waals surface area contributed by atoms with Crippen molar-refractivity contribution in [3.63, 3.8) is 0 Å². The van der Waals surface area contributed by atoms with Crippen molar-refractivity contribution < 1.29 is 38.4 Å². The number of unbranched alkanes of at least 4 members (excludes halogenated alkanes) is 1. The van der Waals surface area contributed by atoms with E-state index in [1.165, 1.54) is 16.2 Å². The summed E-state index contributed by atoms with van der Waals surface area (Å²) in [7, 11) is 0.